The molecule has 6 rings (SSSR count). The Labute approximate surface area is 279 Å². The normalized spacial score (nSPS) is 15.1. The third-order valence-corrected chi connectivity index (χ3v) is 12.1. The summed E-state index contributed by atoms with van der Waals surface area (Å²) in [5.41, 5.74) is 3.08. The van der Waals surface area contributed by atoms with Gasteiger partial charge in [0.25, 0.3) is 15.7 Å². The minimum atomic E-state index is -4.52. The molecule has 5 aromatic rings. The number of nitriles is 1. The van der Waals surface area contributed by atoms with Crippen LogP contribution in [-0.4, -0.2) is 42.8 Å². The van der Waals surface area contributed by atoms with Gasteiger partial charge in [-0.1, -0.05) is 44.3 Å². The van der Waals surface area contributed by atoms with E-state index >= 15 is 0 Å². The number of anilines is 1. The van der Waals surface area contributed by atoms with Crippen LogP contribution < -0.4 is 4.31 Å². The molecule has 0 fully saturated rings. The first-order valence-corrected chi connectivity index (χ1v) is 20.9. The highest BCUT2D eigenvalue weighted by Gasteiger charge is 2.38. The summed E-state index contributed by atoms with van der Waals surface area (Å²) in [6.07, 6.45) is 5.51. The van der Waals surface area contributed by atoms with Crippen molar-refractivity contribution >= 4 is 40.4 Å². The molecule has 2 heterocycles. The largest absolute Gasteiger partial charge is 0.442 e. The standard InChI is InChI=1S/C34H36N6O6SSi/c1-48(2,3)17-16-45-23-38-29-15-13-26(19-28(29)34(37-38)32-21-36-22-46-32)39(47(43,44)33-11-7-6-10-31(33)40(41)42)30-9-5-4-8-25-18-24(20-35)12-14-27(25)30/h6-7,10-15,18-19,21-22,30H,4-5,8-9,16-17,23H2,1-3H3. The molecule has 2 aromatic heterocycles. The molecule has 0 saturated heterocycles. The maximum atomic E-state index is 14.8. The van der Waals surface area contributed by atoms with Gasteiger partial charge in [0.15, 0.2) is 17.0 Å². The van der Waals surface area contributed by atoms with E-state index in [0.717, 1.165) is 23.6 Å². The summed E-state index contributed by atoms with van der Waals surface area (Å²) in [7, 11) is -5.84. The molecule has 0 saturated carbocycles. The highest BCUT2D eigenvalue weighted by atomic mass is 32.2. The maximum Gasteiger partial charge on any atom is 0.289 e. The Kier molecular flexibility index (Phi) is 9.19. The van der Waals surface area contributed by atoms with Gasteiger partial charge in [-0.25, -0.2) is 18.1 Å². The van der Waals surface area contributed by atoms with Gasteiger partial charge >= 0.3 is 0 Å². The van der Waals surface area contributed by atoms with Crippen molar-refractivity contribution < 1.29 is 22.5 Å². The number of rotatable bonds is 11. The first-order valence-electron chi connectivity index (χ1n) is 15.8. The topological polar surface area (TPSA) is 157 Å². The van der Waals surface area contributed by atoms with Gasteiger partial charge in [-0.05, 0) is 72.8 Å². The molecule has 48 heavy (non-hydrogen) atoms. The lowest BCUT2D eigenvalue weighted by molar-refractivity contribution is -0.387. The number of aromatic nitrogens is 3. The SMILES string of the molecule is C[Si](C)(C)CCOCn1nc(-c2cnco2)c2cc(N(C3CCCCc4cc(C#N)ccc43)S(=O)(=O)c3ccccc3[N+](=O)[O-])ccc21. The number of ether oxygens (including phenoxy) is 1. The van der Waals surface area contributed by atoms with Crippen molar-refractivity contribution in [1.29, 1.82) is 5.26 Å². The molecule has 1 atom stereocenters. The lowest BCUT2D eigenvalue weighted by Gasteiger charge is -2.33. The van der Waals surface area contributed by atoms with Gasteiger partial charge in [-0.2, -0.15) is 10.4 Å². The van der Waals surface area contributed by atoms with Crippen molar-refractivity contribution in [3.05, 3.63) is 100 Å². The van der Waals surface area contributed by atoms with E-state index in [4.69, 9.17) is 14.3 Å². The van der Waals surface area contributed by atoms with Crippen LogP contribution in [-0.2, 0) is 27.9 Å². The van der Waals surface area contributed by atoms with Gasteiger partial charge in [0, 0.05) is 26.1 Å². The second kappa shape index (κ2) is 13.3. The number of para-hydroxylation sites is 1. The minimum Gasteiger partial charge on any atom is -0.442 e. The fourth-order valence-corrected chi connectivity index (χ4v) is 8.71. The molecule has 1 aliphatic carbocycles. The number of nitrogens with zero attached hydrogens (tertiary/aromatic N) is 6. The molecule has 1 aliphatic rings. The van der Waals surface area contributed by atoms with E-state index in [2.05, 4.69) is 30.7 Å². The van der Waals surface area contributed by atoms with Gasteiger partial charge in [0.05, 0.1) is 40.0 Å². The highest BCUT2D eigenvalue weighted by Crippen LogP contribution is 2.43. The van der Waals surface area contributed by atoms with Gasteiger partial charge in [0.2, 0.25) is 0 Å². The molecule has 0 aliphatic heterocycles. The van der Waals surface area contributed by atoms with Crippen molar-refractivity contribution in [2.24, 2.45) is 0 Å². The third kappa shape index (κ3) is 6.62. The number of hydrogen-bond acceptors (Lipinski definition) is 9. The summed E-state index contributed by atoms with van der Waals surface area (Å²) in [5, 5.41) is 27.1. The van der Waals surface area contributed by atoms with Crippen LogP contribution in [0, 0.1) is 21.4 Å². The van der Waals surface area contributed by atoms with Crippen molar-refractivity contribution in [2.75, 3.05) is 10.9 Å². The molecule has 12 nitrogen and oxygen atoms in total. The van der Waals surface area contributed by atoms with E-state index in [1.54, 1.807) is 47.3 Å². The third-order valence-electron chi connectivity index (χ3n) is 8.55. The van der Waals surface area contributed by atoms with E-state index in [1.165, 1.54) is 35.0 Å². The zero-order chi connectivity index (χ0) is 34.1. The van der Waals surface area contributed by atoms with Crippen molar-refractivity contribution in [3.63, 3.8) is 0 Å². The fraction of sp³-hybridized carbons (Fsp3) is 0.324. The van der Waals surface area contributed by atoms with Crippen LogP contribution in [0.1, 0.15) is 42.0 Å². The van der Waals surface area contributed by atoms with Crippen LogP contribution >= 0.6 is 0 Å². The molecule has 3 aromatic carbocycles. The van der Waals surface area contributed by atoms with Gasteiger partial charge in [0.1, 0.15) is 12.4 Å². The Bertz CT molecular complexity index is 2120. The molecule has 0 bridgehead atoms. The summed E-state index contributed by atoms with van der Waals surface area (Å²) < 4.78 is 44.3. The zero-order valence-electron chi connectivity index (χ0n) is 27.0. The van der Waals surface area contributed by atoms with Crippen LogP contribution in [0.15, 0.2) is 82.6 Å². The molecule has 14 heteroatoms. The van der Waals surface area contributed by atoms with Crippen molar-refractivity contribution in [1.82, 2.24) is 14.8 Å². The lowest BCUT2D eigenvalue weighted by Crippen LogP contribution is -2.35. The molecule has 0 N–H and O–H groups in total. The molecular weight excluding hydrogens is 649 g/mol. The second-order valence-electron chi connectivity index (χ2n) is 13.1. The highest BCUT2D eigenvalue weighted by molar-refractivity contribution is 7.93. The number of aryl methyl sites for hydroxylation is 1. The summed E-state index contributed by atoms with van der Waals surface area (Å²) in [6, 6.07) is 18.4. The molecule has 1 unspecified atom stereocenters. The molecule has 0 amide bonds. The van der Waals surface area contributed by atoms with E-state index in [-0.39, 0.29) is 6.73 Å². The predicted molar refractivity (Wildman–Crippen MR) is 184 cm³/mol. The summed E-state index contributed by atoms with van der Waals surface area (Å²) >= 11 is 0. The van der Waals surface area contributed by atoms with Crippen LogP contribution in [0.2, 0.25) is 25.7 Å². The minimum absolute atomic E-state index is 0.184. The van der Waals surface area contributed by atoms with E-state index in [0.29, 0.717) is 59.5 Å². The van der Waals surface area contributed by atoms with Crippen molar-refractivity contribution in [3.8, 4) is 17.5 Å². The fourth-order valence-electron chi connectivity index (χ4n) is 6.13. The van der Waals surface area contributed by atoms with Crippen molar-refractivity contribution in [2.45, 2.75) is 69.0 Å². The Morgan fingerprint density at radius 1 is 1.15 bits per heavy atom. The molecule has 248 valence electrons. The Morgan fingerprint density at radius 3 is 2.69 bits per heavy atom. The Hall–Kier alpha value is -4.84. The molecule has 0 radical (unpaired) electrons. The average Bonchev–Trinajstić information content (AvgIpc) is 3.67. The lowest BCUT2D eigenvalue weighted by atomic mass is 9.96. The smallest absolute Gasteiger partial charge is 0.289 e. The van der Waals surface area contributed by atoms with Crippen LogP contribution in [0.5, 0.6) is 0 Å². The van der Waals surface area contributed by atoms with Crippen LogP contribution in [0.4, 0.5) is 11.4 Å². The van der Waals surface area contributed by atoms with Gasteiger partial charge in [-0.15, -0.1) is 0 Å². The number of hydrogen-bond donors (Lipinski definition) is 0. The summed E-state index contributed by atoms with van der Waals surface area (Å²) in [4.78, 5) is 15.1. The van der Waals surface area contributed by atoms with E-state index in [1.807, 2.05) is 0 Å². The number of benzene rings is 3. The number of fused-ring (bicyclic) bond motifs is 2. The number of nitro groups is 1. The van der Waals surface area contributed by atoms with Crippen LogP contribution in [0.3, 0.4) is 0 Å². The van der Waals surface area contributed by atoms with Gasteiger partial charge in [-0.3, -0.25) is 14.4 Å². The van der Waals surface area contributed by atoms with Crippen LogP contribution in [0.25, 0.3) is 22.4 Å². The first-order chi connectivity index (χ1) is 23.0. The number of oxazole rings is 1. The first kappa shape index (κ1) is 33.1. The number of nitro benzene ring substituents is 1. The van der Waals surface area contributed by atoms with Gasteiger partial charge < -0.3 is 9.15 Å². The van der Waals surface area contributed by atoms with E-state index < -0.39 is 39.6 Å². The summed E-state index contributed by atoms with van der Waals surface area (Å²) in [6.45, 7) is 7.61. The quantitative estimate of drug-likeness (QED) is 0.0453. The predicted octanol–water partition coefficient (Wildman–Crippen LogP) is 7.45. The Balaban J connectivity index is 1.54. The maximum absolute atomic E-state index is 14.8. The molecular formula is C34H36N6O6SSi. The van der Waals surface area contributed by atoms with E-state index in [9.17, 15) is 23.8 Å². The second-order valence-corrected chi connectivity index (χ2v) is 20.5. The summed E-state index contributed by atoms with van der Waals surface area (Å²) in [5.74, 6) is 0.398. The zero-order valence-corrected chi connectivity index (χ0v) is 28.8. The Morgan fingerprint density at radius 2 is 1.96 bits per heavy atom. The monoisotopic (exact) mass is 684 g/mol. The average molecular weight is 685 g/mol. The number of sulfonamides is 1. The molecule has 0 spiro atoms.